The van der Waals surface area contributed by atoms with E-state index in [0.717, 1.165) is 33.1 Å². The van der Waals surface area contributed by atoms with Crippen LogP contribution in [0.3, 0.4) is 0 Å². The van der Waals surface area contributed by atoms with Gasteiger partial charge in [-0.15, -0.1) is 0 Å². The summed E-state index contributed by atoms with van der Waals surface area (Å²) in [5, 5.41) is 2.28. The SMILES string of the molecule is CC1CC(C)(C)N(C(C)C)c2ccc(/C=C3\SC(=O)N(CC(=O)Nc4ccc(Br)cc4)C3=O)cc21. The molecule has 35 heavy (non-hydrogen) atoms. The van der Waals surface area contributed by atoms with Crippen LogP contribution in [0.2, 0.25) is 0 Å². The highest BCUT2D eigenvalue weighted by molar-refractivity contribution is 9.10. The van der Waals surface area contributed by atoms with Gasteiger partial charge in [0, 0.05) is 27.4 Å². The van der Waals surface area contributed by atoms with Crippen molar-refractivity contribution < 1.29 is 14.4 Å². The number of benzene rings is 2. The van der Waals surface area contributed by atoms with Crippen molar-refractivity contribution in [1.29, 1.82) is 0 Å². The number of nitrogens with one attached hydrogen (secondary N) is 1. The van der Waals surface area contributed by atoms with Crippen molar-refractivity contribution in [2.75, 3.05) is 16.8 Å². The summed E-state index contributed by atoms with van der Waals surface area (Å²) in [6, 6.07) is 13.7. The fourth-order valence-corrected chi connectivity index (χ4v) is 6.31. The first-order chi connectivity index (χ1) is 16.5. The molecule has 0 spiro atoms. The van der Waals surface area contributed by atoms with Crippen molar-refractivity contribution in [2.45, 2.75) is 58.5 Å². The zero-order valence-corrected chi connectivity index (χ0v) is 23.0. The van der Waals surface area contributed by atoms with E-state index in [1.165, 1.54) is 11.3 Å². The Morgan fingerprint density at radius 2 is 1.89 bits per heavy atom. The van der Waals surface area contributed by atoms with Crippen LogP contribution in [0.5, 0.6) is 0 Å². The van der Waals surface area contributed by atoms with E-state index in [1.54, 1.807) is 30.3 Å². The summed E-state index contributed by atoms with van der Waals surface area (Å²) < 4.78 is 0.892. The van der Waals surface area contributed by atoms with Crippen molar-refractivity contribution in [3.8, 4) is 0 Å². The molecule has 0 bridgehead atoms. The Morgan fingerprint density at radius 1 is 1.20 bits per heavy atom. The molecule has 2 heterocycles. The van der Waals surface area contributed by atoms with E-state index in [0.29, 0.717) is 22.6 Å². The molecule has 1 fully saturated rings. The number of thioether (sulfide) groups is 1. The normalized spacial score (nSPS) is 20.5. The first kappa shape index (κ1) is 25.5. The number of rotatable bonds is 5. The molecule has 1 saturated heterocycles. The lowest BCUT2D eigenvalue weighted by molar-refractivity contribution is -0.127. The summed E-state index contributed by atoms with van der Waals surface area (Å²) in [4.78, 5) is 41.7. The maximum atomic E-state index is 13.0. The molecule has 3 amide bonds. The highest BCUT2D eigenvalue weighted by Crippen LogP contribution is 2.45. The Labute approximate surface area is 219 Å². The molecule has 0 saturated carbocycles. The van der Waals surface area contributed by atoms with E-state index in [4.69, 9.17) is 0 Å². The quantitative estimate of drug-likeness (QED) is 0.419. The Hall–Kier alpha value is -2.58. The molecule has 2 aromatic rings. The number of nitrogens with zero attached hydrogens (tertiary/aromatic N) is 2. The monoisotopic (exact) mass is 555 g/mol. The van der Waals surface area contributed by atoms with Crippen LogP contribution in [-0.4, -0.2) is 40.1 Å². The molecule has 2 aliphatic heterocycles. The van der Waals surface area contributed by atoms with Crippen molar-refractivity contribution in [2.24, 2.45) is 0 Å². The second-order valence-electron chi connectivity index (χ2n) is 10.0. The van der Waals surface area contributed by atoms with E-state index in [1.807, 2.05) is 6.07 Å². The average molecular weight is 557 g/mol. The maximum Gasteiger partial charge on any atom is 0.294 e. The van der Waals surface area contributed by atoms with Gasteiger partial charge < -0.3 is 10.2 Å². The molecule has 2 aliphatic rings. The van der Waals surface area contributed by atoms with Crippen molar-refractivity contribution >= 4 is 62.2 Å². The van der Waals surface area contributed by atoms with Gasteiger partial charge in [-0.3, -0.25) is 19.3 Å². The van der Waals surface area contributed by atoms with Crippen molar-refractivity contribution in [1.82, 2.24) is 4.90 Å². The van der Waals surface area contributed by atoms with Gasteiger partial charge in [0.2, 0.25) is 5.91 Å². The number of halogens is 1. The number of hydrogen-bond donors (Lipinski definition) is 1. The minimum atomic E-state index is -0.443. The van der Waals surface area contributed by atoms with E-state index in [-0.39, 0.29) is 12.1 Å². The van der Waals surface area contributed by atoms with Crippen LogP contribution in [-0.2, 0) is 9.59 Å². The lowest BCUT2D eigenvalue weighted by atomic mass is 9.79. The summed E-state index contributed by atoms with van der Waals surface area (Å²) in [6.45, 7) is 10.9. The smallest absolute Gasteiger partial charge is 0.294 e. The van der Waals surface area contributed by atoms with E-state index in [9.17, 15) is 14.4 Å². The number of amides is 3. The summed E-state index contributed by atoms with van der Waals surface area (Å²) in [7, 11) is 0. The molecule has 1 atom stereocenters. The number of hydrogen-bond acceptors (Lipinski definition) is 5. The lowest BCUT2D eigenvalue weighted by Crippen LogP contribution is -2.51. The Kier molecular flexibility index (Phi) is 7.16. The van der Waals surface area contributed by atoms with Crippen LogP contribution in [0.15, 0.2) is 51.8 Å². The van der Waals surface area contributed by atoms with Gasteiger partial charge in [-0.2, -0.15) is 0 Å². The maximum absolute atomic E-state index is 13.0. The van der Waals surface area contributed by atoms with Crippen molar-refractivity contribution in [3.05, 3.63) is 63.0 Å². The zero-order chi connectivity index (χ0) is 25.5. The minimum absolute atomic E-state index is 0.0571. The molecule has 2 aromatic carbocycles. The van der Waals surface area contributed by atoms with Gasteiger partial charge >= 0.3 is 0 Å². The van der Waals surface area contributed by atoms with Crippen LogP contribution < -0.4 is 10.2 Å². The van der Waals surface area contributed by atoms with Gasteiger partial charge in [0.1, 0.15) is 6.54 Å². The second-order valence-corrected chi connectivity index (χ2v) is 11.9. The van der Waals surface area contributed by atoms with Crippen molar-refractivity contribution in [3.63, 3.8) is 0 Å². The van der Waals surface area contributed by atoms with E-state index >= 15 is 0 Å². The first-order valence-corrected chi connectivity index (χ1v) is 13.3. The average Bonchev–Trinajstić information content (AvgIpc) is 3.02. The number of imide groups is 1. The summed E-state index contributed by atoms with van der Waals surface area (Å²) in [5.74, 6) is -0.489. The Balaban J connectivity index is 1.52. The standard InChI is InChI=1S/C27H30BrN3O3S/c1-16(2)31-22-11-6-18(12-21(22)17(3)14-27(31,4)5)13-23-25(33)30(26(34)35-23)15-24(32)29-20-9-7-19(28)8-10-20/h6-13,16-17H,14-15H2,1-5H3,(H,29,32)/b23-13-. The molecule has 6 nitrogen and oxygen atoms in total. The number of anilines is 2. The molecule has 0 aliphatic carbocycles. The number of carbonyl (C=O) groups is 3. The highest BCUT2D eigenvalue weighted by Gasteiger charge is 2.38. The van der Waals surface area contributed by atoms with E-state index < -0.39 is 17.1 Å². The van der Waals surface area contributed by atoms with Crippen LogP contribution in [0.25, 0.3) is 6.08 Å². The topological polar surface area (TPSA) is 69.7 Å². The minimum Gasteiger partial charge on any atom is -0.364 e. The molecular formula is C27H30BrN3O3S. The third kappa shape index (κ3) is 5.33. The first-order valence-electron chi connectivity index (χ1n) is 11.7. The van der Waals surface area contributed by atoms with Gasteiger partial charge in [-0.25, -0.2) is 0 Å². The Morgan fingerprint density at radius 3 is 2.54 bits per heavy atom. The molecule has 8 heteroatoms. The molecule has 1 unspecified atom stereocenters. The largest absolute Gasteiger partial charge is 0.364 e. The third-order valence-electron chi connectivity index (χ3n) is 6.42. The molecule has 0 aromatic heterocycles. The predicted octanol–water partition coefficient (Wildman–Crippen LogP) is 6.62. The fourth-order valence-electron chi connectivity index (χ4n) is 5.20. The van der Waals surface area contributed by atoms with Gasteiger partial charge in [-0.1, -0.05) is 28.9 Å². The zero-order valence-electron chi connectivity index (χ0n) is 20.6. The summed E-state index contributed by atoms with van der Waals surface area (Å²) in [5.41, 5.74) is 4.01. The van der Waals surface area contributed by atoms with E-state index in [2.05, 4.69) is 72.9 Å². The van der Waals surface area contributed by atoms with Gasteiger partial charge in [0.15, 0.2) is 0 Å². The van der Waals surface area contributed by atoms with Crippen LogP contribution >= 0.6 is 27.7 Å². The van der Waals surface area contributed by atoms with Gasteiger partial charge in [-0.05, 0) is 105 Å². The molecule has 4 rings (SSSR count). The third-order valence-corrected chi connectivity index (χ3v) is 7.85. The Bertz CT molecular complexity index is 1210. The van der Waals surface area contributed by atoms with Gasteiger partial charge in [0.05, 0.1) is 4.91 Å². The molecular weight excluding hydrogens is 526 g/mol. The summed E-state index contributed by atoms with van der Waals surface area (Å²) in [6.07, 6.45) is 2.79. The molecule has 184 valence electrons. The number of carbonyl (C=O) groups excluding carboxylic acids is 3. The number of fused-ring (bicyclic) bond motifs is 1. The van der Waals surface area contributed by atoms with Crippen LogP contribution in [0, 0.1) is 0 Å². The molecule has 1 N–H and O–H groups in total. The van der Waals surface area contributed by atoms with Gasteiger partial charge in [0.25, 0.3) is 11.1 Å². The summed E-state index contributed by atoms with van der Waals surface area (Å²) >= 11 is 4.22. The van der Waals surface area contributed by atoms with Crippen LogP contribution in [0.1, 0.15) is 58.1 Å². The second kappa shape index (κ2) is 9.82. The lowest BCUT2D eigenvalue weighted by Gasteiger charge is -2.50. The van der Waals surface area contributed by atoms with Crippen LogP contribution in [0.4, 0.5) is 16.2 Å². The highest BCUT2D eigenvalue weighted by atomic mass is 79.9. The predicted molar refractivity (Wildman–Crippen MR) is 147 cm³/mol. The fraction of sp³-hybridized carbons (Fsp3) is 0.370. The molecule has 0 radical (unpaired) electrons.